The van der Waals surface area contributed by atoms with E-state index in [1.807, 2.05) is 18.2 Å². The van der Waals surface area contributed by atoms with Gasteiger partial charge in [-0.25, -0.2) is 9.37 Å². The number of nitrogens with one attached hydrogen (secondary N) is 3. The molecule has 0 unspecified atom stereocenters. The summed E-state index contributed by atoms with van der Waals surface area (Å²) in [5.74, 6) is -0.251. The molecule has 1 aromatic heterocycles. The molecule has 0 fully saturated rings. The van der Waals surface area contributed by atoms with Crippen LogP contribution < -0.4 is 15.4 Å². The van der Waals surface area contributed by atoms with Crippen molar-refractivity contribution in [2.24, 2.45) is 0 Å². The summed E-state index contributed by atoms with van der Waals surface area (Å²) in [7, 11) is 1.59. The molecule has 0 aliphatic rings. The zero-order valence-electron chi connectivity index (χ0n) is 14.4. The molecule has 0 bridgehead atoms. The Kier molecular flexibility index (Phi) is 5.92. The third-order valence-electron chi connectivity index (χ3n) is 3.58. The zero-order valence-corrected chi connectivity index (χ0v) is 15.2. The maximum Gasteiger partial charge on any atom is 0.243 e. The normalized spacial score (nSPS) is 10.6. The molecular weight excluding hydrogens is 371 g/mol. The van der Waals surface area contributed by atoms with Gasteiger partial charge < -0.3 is 20.4 Å². The van der Waals surface area contributed by atoms with Crippen LogP contribution in [0.15, 0.2) is 47.6 Å². The van der Waals surface area contributed by atoms with Crippen LogP contribution in [0.3, 0.4) is 0 Å². The molecule has 140 valence electrons. The number of hydrogen-bond acceptors (Lipinski definition) is 5. The molecule has 3 N–H and O–H groups in total. The van der Waals surface area contributed by atoms with Gasteiger partial charge in [0, 0.05) is 11.8 Å². The molecule has 3 aromatic rings. The molecule has 0 aliphatic heterocycles. The number of nitrogens with zero attached hydrogens (tertiary/aromatic N) is 1. The number of imidazole rings is 1. The molecule has 0 spiro atoms. The lowest BCUT2D eigenvalue weighted by atomic mass is 10.3. The highest BCUT2D eigenvalue weighted by Gasteiger charge is 2.09. The van der Waals surface area contributed by atoms with Crippen LogP contribution in [0.5, 0.6) is 5.75 Å². The summed E-state index contributed by atoms with van der Waals surface area (Å²) >= 11 is 1.23. The maximum atomic E-state index is 12.8. The van der Waals surface area contributed by atoms with E-state index in [1.165, 1.54) is 36.0 Å². The van der Waals surface area contributed by atoms with Gasteiger partial charge in [0.05, 0.1) is 30.4 Å². The van der Waals surface area contributed by atoms with Crippen molar-refractivity contribution in [2.75, 3.05) is 24.7 Å². The fraction of sp³-hybridized carbons (Fsp3) is 0.167. The monoisotopic (exact) mass is 388 g/mol. The van der Waals surface area contributed by atoms with E-state index >= 15 is 0 Å². The first kappa shape index (κ1) is 18.7. The Labute approximate surface area is 158 Å². The molecule has 2 amide bonds. The standard InChI is InChI=1S/C18H17FN4O3S/c1-26-13-6-7-14-15(8-13)23-18(22-14)27-10-17(25)20-9-16(24)21-12-4-2-11(19)3-5-12/h2-8H,9-10H2,1H3,(H,20,25)(H,21,24)(H,22,23). The second-order valence-electron chi connectivity index (χ2n) is 5.55. The number of carbonyl (C=O) groups excluding carboxylic acids is 2. The van der Waals surface area contributed by atoms with E-state index in [2.05, 4.69) is 20.6 Å². The second-order valence-corrected chi connectivity index (χ2v) is 6.51. The highest BCUT2D eigenvalue weighted by Crippen LogP contribution is 2.22. The molecule has 0 saturated carbocycles. The summed E-state index contributed by atoms with van der Waals surface area (Å²) < 4.78 is 18.0. The lowest BCUT2D eigenvalue weighted by molar-refractivity contribution is -0.122. The number of thioether (sulfide) groups is 1. The first-order chi connectivity index (χ1) is 13.0. The predicted octanol–water partition coefficient (Wildman–Crippen LogP) is 2.56. The highest BCUT2D eigenvalue weighted by atomic mass is 32.2. The number of aromatic amines is 1. The number of methoxy groups -OCH3 is 1. The SMILES string of the molecule is COc1ccc2nc(SCC(=O)NCC(=O)Nc3ccc(F)cc3)[nH]c2c1. The third-order valence-corrected chi connectivity index (χ3v) is 4.45. The van der Waals surface area contributed by atoms with Gasteiger partial charge in [-0.05, 0) is 36.4 Å². The molecule has 0 radical (unpaired) electrons. The van der Waals surface area contributed by atoms with Crippen molar-refractivity contribution in [1.29, 1.82) is 0 Å². The Morgan fingerprint density at radius 3 is 2.70 bits per heavy atom. The number of ether oxygens (including phenoxy) is 1. The Morgan fingerprint density at radius 1 is 1.19 bits per heavy atom. The van der Waals surface area contributed by atoms with Gasteiger partial charge in [-0.2, -0.15) is 0 Å². The summed E-state index contributed by atoms with van der Waals surface area (Å²) in [5, 5.41) is 5.70. The molecular formula is C18H17FN4O3S. The number of H-pyrrole nitrogens is 1. The molecule has 2 aromatic carbocycles. The van der Waals surface area contributed by atoms with Crippen LogP contribution in [0.25, 0.3) is 11.0 Å². The Morgan fingerprint density at radius 2 is 1.96 bits per heavy atom. The van der Waals surface area contributed by atoms with Crippen LogP contribution in [-0.4, -0.2) is 41.2 Å². The van der Waals surface area contributed by atoms with Gasteiger partial charge in [0.2, 0.25) is 11.8 Å². The van der Waals surface area contributed by atoms with Crippen LogP contribution in [0.4, 0.5) is 10.1 Å². The molecule has 27 heavy (non-hydrogen) atoms. The van der Waals surface area contributed by atoms with Crippen molar-refractivity contribution in [3.05, 3.63) is 48.3 Å². The van der Waals surface area contributed by atoms with Gasteiger partial charge in [-0.1, -0.05) is 11.8 Å². The summed E-state index contributed by atoms with van der Waals surface area (Å²) in [6.07, 6.45) is 0. The quantitative estimate of drug-likeness (QED) is 0.541. The number of carbonyl (C=O) groups is 2. The minimum absolute atomic E-state index is 0.112. The van der Waals surface area contributed by atoms with Gasteiger partial charge in [0.25, 0.3) is 0 Å². The van der Waals surface area contributed by atoms with Crippen molar-refractivity contribution in [3.63, 3.8) is 0 Å². The third kappa shape index (κ3) is 5.20. The lowest BCUT2D eigenvalue weighted by Gasteiger charge is -2.06. The number of fused-ring (bicyclic) bond motifs is 1. The van der Waals surface area contributed by atoms with E-state index in [-0.39, 0.29) is 24.0 Å². The molecule has 0 atom stereocenters. The highest BCUT2D eigenvalue weighted by molar-refractivity contribution is 7.99. The van der Waals surface area contributed by atoms with E-state index in [0.29, 0.717) is 16.6 Å². The zero-order chi connectivity index (χ0) is 19.2. The summed E-state index contributed by atoms with van der Waals surface area (Å²) in [4.78, 5) is 31.2. The van der Waals surface area contributed by atoms with Crippen molar-refractivity contribution in [2.45, 2.75) is 5.16 Å². The maximum absolute atomic E-state index is 12.8. The number of halogens is 1. The van der Waals surface area contributed by atoms with Gasteiger partial charge >= 0.3 is 0 Å². The van der Waals surface area contributed by atoms with Crippen LogP contribution in [0.1, 0.15) is 0 Å². The Balaban J connectivity index is 1.45. The summed E-state index contributed by atoms with van der Waals surface area (Å²) in [5.41, 5.74) is 2.05. The molecule has 7 nitrogen and oxygen atoms in total. The van der Waals surface area contributed by atoms with Gasteiger partial charge in [-0.15, -0.1) is 0 Å². The molecule has 3 rings (SSSR count). The Bertz CT molecular complexity index is 959. The smallest absolute Gasteiger partial charge is 0.243 e. The van der Waals surface area contributed by atoms with Crippen LogP contribution in [-0.2, 0) is 9.59 Å². The van der Waals surface area contributed by atoms with Crippen molar-refractivity contribution >= 4 is 40.3 Å². The molecule has 1 heterocycles. The minimum Gasteiger partial charge on any atom is -0.497 e. The van der Waals surface area contributed by atoms with Crippen LogP contribution >= 0.6 is 11.8 Å². The van der Waals surface area contributed by atoms with E-state index in [0.717, 1.165) is 11.0 Å². The number of rotatable bonds is 7. The predicted molar refractivity (Wildman–Crippen MR) is 101 cm³/mol. The number of anilines is 1. The van der Waals surface area contributed by atoms with Crippen molar-refractivity contribution in [3.8, 4) is 5.75 Å². The van der Waals surface area contributed by atoms with Crippen LogP contribution in [0, 0.1) is 5.82 Å². The topological polar surface area (TPSA) is 96.1 Å². The van der Waals surface area contributed by atoms with E-state index in [1.54, 1.807) is 7.11 Å². The van der Waals surface area contributed by atoms with Gasteiger partial charge in [0.1, 0.15) is 11.6 Å². The molecule has 9 heteroatoms. The van der Waals surface area contributed by atoms with E-state index < -0.39 is 5.91 Å². The fourth-order valence-corrected chi connectivity index (χ4v) is 2.98. The summed E-state index contributed by atoms with van der Waals surface area (Å²) in [6.45, 7) is -0.173. The number of amides is 2. The number of aromatic nitrogens is 2. The first-order valence-corrected chi connectivity index (χ1v) is 9.01. The Hall–Kier alpha value is -3.07. The number of hydrogen-bond donors (Lipinski definition) is 3. The largest absolute Gasteiger partial charge is 0.497 e. The van der Waals surface area contributed by atoms with Gasteiger partial charge in [-0.3, -0.25) is 9.59 Å². The van der Waals surface area contributed by atoms with Crippen molar-refractivity contribution in [1.82, 2.24) is 15.3 Å². The number of benzene rings is 2. The minimum atomic E-state index is -0.393. The van der Waals surface area contributed by atoms with E-state index in [9.17, 15) is 14.0 Å². The van der Waals surface area contributed by atoms with Gasteiger partial charge in [0.15, 0.2) is 5.16 Å². The molecule has 0 aliphatic carbocycles. The van der Waals surface area contributed by atoms with Crippen LogP contribution in [0.2, 0.25) is 0 Å². The summed E-state index contributed by atoms with van der Waals surface area (Å²) in [6, 6.07) is 10.8. The van der Waals surface area contributed by atoms with E-state index in [4.69, 9.17) is 4.74 Å². The average Bonchev–Trinajstić information content (AvgIpc) is 3.08. The first-order valence-electron chi connectivity index (χ1n) is 8.02. The lowest BCUT2D eigenvalue weighted by Crippen LogP contribution is -2.33. The van der Waals surface area contributed by atoms with Crippen molar-refractivity contribution < 1.29 is 18.7 Å². The molecule has 0 saturated heterocycles. The average molecular weight is 388 g/mol. The fourth-order valence-electron chi connectivity index (χ4n) is 2.26. The second kappa shape index (κ2) is 8.54.